The molecule has 1 aliphatic carbocycles. The number of nitrogens with one attached hydrogen (secondary N) is 2. The molecule has 3 heterocycles. The van der Waals surface area contributed by atoms with Crippen molar-refractivity contribution in [3.63, 3.8) is 0 Å². The number of ether oxygens (including phenoxy) is 3. The van der Waals surface area contributed by atoms with Crippen LogP contribution in [0.3, 0.4) is 0 Å². The zero-order chi connectivity index (χ0) is 30.9. The predicted octanol–water partition coefficient (Wildman–Crippen LogP) is 5.97. The summed E-state index contributed by atoms with van der Waals surface area (Å²) in [5.41, 5.74) is 1.74. The number of anilines is 1. The Bertz CT molecular complexity index is 1250. The van der Waals surface area contributed by atoms with Crippen molar-refractivity contribution in [3.05, 3.63) is 41.2 Å². The van der Waals surface area contributed by atoms with Crippen LogP contribution in [0.25, 0.3) is 11.3 Å². The van der Waals surface area contributed by atoms with Crippen LogP contribution in [0, 0.1) is 22.7 Å². The highest BCUT2D eigenvalue weighted by Crippen LogP contribution is 2.33. The third kappa shape index (κ3) is 10.4. The molecule has 234 valence electrons. The first-order valence-corrected chi connectivity index (χ1v) is 15.8. The number of hydrogen-bond acceptors (Lipinski definition) is 9. The van der Waals surface area contributed by atoms with Crippen LogP contribution in [0.4, 0.5) is 5.82 Å². The van der Waals surface area contributed by atoms with Crippen molar-refractivity contribution in [1.29, 1.82) is 5.26 Å². The van der Waals surface area contributed by atoms with Crippen LogP contribution in [0.5, 0.6) is 0 Å². The Morgan fingerprint density at radius 2 is 1.98 bits per heavy atom. The number of carbonyl (C=O) groups is 1. The second-order valence-corrected chi connectivity index (χ2v) is 13.4. The number of pyridine rings is 2. The lowest BCUT2D eigenvalue weighted by molar-refractivity contribution is -0.160. The number of hydrogen-bond donors (Lipinski definition) is 2. The van der Waals surface area contributed by atoms with Gasteiger partial charge in [-0.15, -0.1) is 0 Å². The van der Waals surface area contributed by atoms with Crippen molar-refractivity contribution in [3.8, 4) is 17.3 Å². The van der Waals surface area contributed by atoms with E-state index in [0.717, 1.165) is 67.7 Å². The van der Waals surface area contributed by atoms with E-state index in [4.69, 9.17) is 30.8 Å². The molecule has 1 aliphatic heterocycles. The highest BCUT2D eigenvalue weighted by Gasteiger charge is 2.32. The fourth-order valence-corrected chi connectivity index (χ4v) is 5.99. The summed E-state index contributed by atoms with van der Waals surface area (Å²) < 4.78 is 16.3. The second kappa shape index (κ2) is 15.3. The number of nitrogens with zero attached hydrogens (tertiary/aromatic N) is 3. The molecule has 1 saturated carbocycles. The summed E-state index contributed by atoms with van der Waals surface area (Å²) in [4.78, 5) is 21.3. The van der Waals surface area contributed by atoms with Crippen molar-refractivity contribution >= 4 is 23.4 Å². The van der Waals surface area contributed by atoms with Crippen LogP contribution in [0.2, 0.25) is 5.02 Å². The van der Waals surface area contributed by atoms with E-state index in [0.29, 0.717) is 43.3 Å². The topological polar surface area (TPSA) is 118 Å². The molecule has 1 atom stereocenters. The first kappa shape index (κ1) is 33.1. The molecule has 10 heteroatoms. The summed E-state index contributed by atoms with van der Waals surface area (Å²) in [6.07, 6.45) is 8.48. The molecule has 43 heavy (non-hydrogen) atoms. The Kier molecular flexibility index (Phi) is 11.8. The minimum Gasteiger partial charge on any atom is -0.458 e. The van der Waals surface area contributed by atoms with Crippen LogP contribution in [-0.4, -0.2) is 66.6 Å². The van der Waals surface area contributed by atoms with E-state index in [1.54, 1.807) is 6.20 Å². The Morgan fingerprint density at radius 1 is 1.23 bits per heavy atom. The standard InChI is InChI=1S/C33H46ClN5O4/c1-23(19-42-20-31(40)43-32(2,3)4)38-25-10-8-24(9-11-25)16-26-17-27(28(34)18-36-26)29-6-5-7-30(39-29)37-22-33(21-35)12-14-41-15-13-33/h5-7,17-18,23-25,38H,8-16,19-20,22H2,1-4H3,(H,37,39)/t23-,24?,25?/m1/s1. The van der Waals surface area contributed by atoms with Gasteiger partial charge in [-0.05, 0) is 96.8 Å². The Labute approximate surface area is 261 Å². The van der Waals surface area contributed by atoms with E-state index in [1.165, 1.54) is 0 Å². The summed E-state index contributed by atoms with van der Waals surface area (Å²) in [5.74, 6) is 0.947. The van der Waals surface area contributed by atoms with Crippen LogP contribution in [-0.2, 0) is 25.4 Å². The van der Waals surface area contributed by atoms with E-state index in [-0.39, 0.29) is 18.6 Å². The molecule has 0 unspecified atom stereocenters. The van der Waals surface area contributed by atoms with Crippen molar-refractivity contribution in [2.45, 2.75) is 90.3 Å². The zero-order valence-electron chi connectivity index (χ0n) is 26.0. The smallest absolute Gasteiger partial charge is 0.332 e. The maximum atomic E-state index is 11.9. The lowest BCUT2D eigenvalue weighted by Gasteiger charge is -2.31. The molecule has 0 radical (unpaired) electrons. The monoisotopic (exact) mass is 611 g/mol. The van der Waals surface area contributed by atoms with Crippen molar-refractivity contribution in [2.24, 2.45) is 11.3 Å². The van der Waals surface area contributed by atoms with Gasteiger partial charge in [-0.1, -0.05) is 17.7 Å². The summed E-state index contributed by atoms with van der Waals surface area (Å²) >= 11 is 6.59. The normalized spacial score (nSPS) is 21.0. The summed E-state index contributed by atoms with van der Waals surface area (Å²) in [6.45, 7) is 9.84. The fourth-order valence-electron chi connectivity index (χ4n) is 5.79. The van der Waals surface area contributed by atoms with Crippen LogP contribution in [0.1, 0.15) is 71.9 Å². The van der Waals surface area contributed by atoms with Gasteiger partial charge in [0.2, 0.25) is 0 Å². The third-order valence-electron chi connectivity index (χ3n) is 8.10. The molecule has 2 aromatic heterocycles. The molecule has 9 nitrogen and oxygen atoms in total. The molecule has 2 N–H and O–H groups in total. The first-order chi connectivity index (χ1) is 20.5. The Hall–Kier alpha value is -2.77. The van der Waals surface area contributed by atoms with Gasteiger partial charge in [0.05, 0.1) is 28.8 Å². The average molecular weight is 612 g/mol. The van der Waals surface area contributed by atoms with E-state index in [2.05, 4.69) is 34.7 Å². The molecular weight excluding hydrogens is 566 g/mol. The molecular formula is C33H46ClN5O4. The molecule has 0 bridgehead atoms. The first-order valence-electron chi connectivity index (χ1n) is 15.4. The van der Waals surface area contributed by atoms with Crippen molar-refractivity contribution in [2.75, 3.05) is 38.3 Å². The molecule has 2 aromatic rings. The zero-order valence-corrected chi connectivity index (χ0v) is 26.7. The summed E-state index contributed by atoms with van der Waals surface area (Å²) in [7, 11) is 0. The third-order valence-corrected chi connectivity index (χ3v) is 8.41. The number of nitriles is 1. The SMILES string of the molecule is C[C@H](COCC(=O)OC(C)(C)C)NC1CCC(Cc2cc(-c3cccc(NCC4(C#N)CCOCC4)n3)c(Cl)cn2)CC1. The minimum atomic E-state index is -0.500. The van der Waals surface area contributed by atoms with E-state index >= 15 is 0 Å². The van der Waals surface area contributed by atoms with Crippen molar-refractivity contribution < 1.29 is 19.0 Å². The maximum Gasteiger partial charge on any atom is 0.332 e. The van der Waals surface area contributed by atoms with Gasteiger partial charge in [0, 0.05) is 49.3 Å². The molecule has 4 rings (SSSR count). The highest BCUT2D eigenvalue weighted by molar-refractivity contribution is 6.33. The second-order valence-electron chi connectivity index (χ2n) is 13.0. The molecule has 2 aliphatic rings. The molecule has 1 saturated heterocycles. The van der Waals surface area contributed by atoms with Crippen LogP contribution < -0.4 is 10.6 Å². The van der Waals surface area contributed by atoms with Crippen LogP contribution in [0.15, 0.2) is 30.5 Å². The quantitative estimate of drug-likeness (QED) is 0.280. The van der Waals surface area contributed by atoms with E-state index in [1.807, 2.05) is 39.0 Å². The van der Waals surface area contributed by atoms with Gasteiger partial charge in [-0.3, -0.25) is 4.98 Å². The maximum absolute atomic E-state index is 11.9. The summed E-state index contributed by atoms with van der Waals surface area (Å²) in [5, 5.41) is 17.4. The summed E-state index contributed by atoms with van der Waals surface area (Å²) in [6, 6.07) is 11.0. The number of halogens is 1. The molecule has 0 spiro atoms. The molecule has 0 aromatic carbocycles. The predicted molar refractivity (Wildman–Crippen MR) is 168 cm³/mol. The van der Waals surface area contributed by atoms with Gasteiger partial charge >= 0.3 is 5.97 Å². The Morgan fingerprint density at radius 3 is 2.67 bits per heavy atom. The number of esters is 1. The van der Waals surface area contributed by atoms with Crippen LogP contribution >= 0.6 is 11.6 Å². The Balaban J connectivity index is 1.25. The molecule has 0 amide bonds. The molecule has 2 fully saturated rings. The lowest BCUT2D eigenvalue weighted by Crippen LogP contribution is -2.41. The van der Waals surface area contributed by atoms with Gasteiger partial charge in [0.15, 0.2) is 0 Å². The number of aromatic nitrogens is 2. The van der Waals surface area contributed by atoms with E-state index < -0.39 is 11.0 Å². The van der Waals surface area contributed by atoms with E-state index in [9.17, 15) is 10.1 Å². The van der Waals surface area contributed by atoms with Gasteiger partial charge in [0.1, 0.15) is 18.0 Å². The van der Waals surface area contributed by atoms with Gasteiger partial charge in [-0.2, -0.15) is 5.26 Å². The minimum absolute atomic E-state index is 0.0276. The van der Waals surface area contributed by atoms with Gasteiger partial charge < -0.3 is 24.8 Å². The van der Waals surface area contributed by atoms with Gasteiger partial charge in [-0.25, -0.2) is 9.78 Å². The van der Waals surface area contributed by atoms with Gasteiger partial charge in [0.25, 0.3) is 0 Å². The highest BCUT2D eigenvalue weighted by atomic mass is 35.5. The fraction of sp³-hybridized carbons (Fsp3) is 0.636. The average Bonchev–Trinajstić information content (AvgIpc) is 2.98. The largest absolute Gasteiger partial charge is 0.458 e. The number of rotatable bonds is 12. The number of carbonyl (C=O) groups excluding carboxylic acids is 1. The lowest BCUT2D eigenvalue weighted by atomic mass is 9.82. The van der Waals surface area contributed by atoms with Crippen molar-refractivity contribution in [1.82, 2.24) is 15.3 Å².